The van der Waals surface area contributed by atoms with Crippen LogP contribution in [0.2, 0.25) is 0 Å². The molecular formula is C34H44O7. The lowest BCUT2D eigenvalue weighted by Crippen LogP contribution is -2.54. The highest BCUT2D eigenvalue weighted by molar-refractivity contribution is 6.26. The molecule has 9 atom stereocenters. The quantitative estimate of drug-likeness (QED) is 0.257. The summed E-state index contributed by atoms with van der Waals surface area (Å²) in [5.74, 6) is -2.72. The van der Waals surface area contributed by atoms with Gasteiger partial charge in [0.25, 0.3) is 0 Å². The van der Waals surface area contributed by atoms with Crippen LogP contribution in [0.15, 0.2) is 59.4 Å². The number of hydrogen-bond acceptors (Lipinski definition) is 7. The van der Waals surface area contributed by atoms with E-state index in [0.29, 0.717) is 31.3 Å². The van der Waals surface area contributed by atoms with Crippen LogP contribution in [0.1, 0.15) is 72.6 Å². The van der Waals surface area contributed by atoms with E-state index in [0.717, 1.165) is 12.8 Å². The van der Waals surface area contributed by atoms with Crippen molar-refractivity contribution in [3.63, 3.8) is 0 Å². The van der Waals surface area contributed by atoms with Crippen molar-refractivity contribution in [3.8, 4) is 0 Å². The van der Waals surface area contributed by atoms with E-state index in [4.69, 9.17) is 9.47 Å². The number of carbonyl (C=O) groups excluding carboxylic acids is 3. The molecule has 41 heavy (non-hydrogen) atoms. The average molecular weight is 565 g/mol. The van der Waals surface area contributed by atoms with Gasteiger partial charge in [-0.2, -0.15) is 0 Å². The van der Waals surface area contributed by atoms with Crippen molar-refractivity contribution in [1.29, 1.82) is 0 Å². The van der Waals surface area contributed by atoms with Gasteiger partial charge in [0, 0.05) is 23.3 Å². The average Bonchev–Trinajstić information content (AvgIpc) is 3.22. The lowest BCUT2D eigenvalue weighted by Gasteiger charge is -2.54. The number of Topliss-reactive ketones (excluding diaryl/α,β-unsaturated/α-hetero) is 1. The van der Waals surface area contributed by atoms with Crippen molar-refractivity contribution in [2.24, 2.45) is 40.4 Å². The molecule has 4 aliphatic carbocycles. The number of fused-ring (bicyclic) bond motifs is 4. The molecule has 2 bridgehead atoms. The maximum absolute atomic E-state index is 14.7. The van der Waals surface area contributed by atoms with E-state index in [9.17, 15) is 24.6 Å². The maximum Gasteiger partial charge on any atom is 0.346 e. The van der Waals surface area contributed by atoms with E-state index in [2.05, 4.69) is 24.3 Å². The first-order valence-corrected chi connectivity index (χ1v) is 15.2. The maximum atomic E-state index is 14.7. The van der Waals surface area contributed by atoms with Crippen molar-refractivity contribution in [2.45, 2.75) is 84.3 Å². The minimum atomic E-state index is -1.60. The van der Waals surface area contributed by atoms with Crippen molar-refractivity contribution < 1.29 is 34.1 Å². The molecule has 1 spiro atoms. The number of allylic oxidation sites excluding steroid dienone is 5. The molecule has 0 unspecified atom stereocenters. The van der Waals surface area contributed by atoms with Crippen LogP contribution in [0, 0.1) is 40.4 Å². The second kappa shape index (κ2) is 10.7. The molecule has 222 valence electrons. The highest BCUT2D eigenvalue weighted by Gasteiger charge is 2.66. The van der Waals surface area contributed by atoms with Gasteiger partial charge in [0.15, 0.2) is 5.60 Å². The topological polar surface area (TPSA) is 110 Å². The van der Waals surface area contributed by atoms with Crippen LogP contribution in [0.25, 0.3) is 0 Å². The zero-order chi connectivity index (χ0) is 29.7. The Morgan fingerprint density at radius 3 is 2.59 bits per heavy atom. The fourth-order valence-electron chi connectivity index (χ4n) is 8.64. The third-order valence-electron chi connectivity index (χ3n) is 11.1. The molecule has 1 saturated heterocycles. The van der Waals surface area contributed by atoms with Gasteiger partial charge in [-0.3, -0.25) is 4.79 Å². The molecule has 0 aromatic heterocycles. The Kier molecular flexibility index (Phi) is 7.73. The highest BCUT2D eigenvalue weighted by Crippen LogP contribution is 2.60. The first-order chi connectivity index (χ1) is 19.5. The number of aliphatic hydroxyl groups excluding tert-OH is 2. The SMILES string of the molecule is CC[C@H]1C[C@]23OC(=O)/C(=C(/O)[C@@]4(CC)[C@@H]5CC[C@H](C)[C@H](O)[C@H]5C=C[C@H]4C/C=C/C/C=C/[C@@]2(C)C=C1C(=O)OC)C3=O. The predicted molar refractivity (Wildman–Crippen MR) is 154 cm³/mol. The monoisotopic (exact) mass is 564 g/mol. The van der Waals surface area contributed by atoms with Gasteiger partial charge in [-0.25, -0.2) is 9.59 Å². The summed E-state index contributed by atoms with van der Waals surface area (Å²) in [4.78, 5) is 41.3. The standard InChI is InChI=1S/C34H44O7/c1-6-21-18-34-29(37)26(31(39)41-34)28(36)33(7-2)22(14-15-23-25(33)16-13-20(3)27(23)35)12-10-8-9-11-17-32(34,4)19-24(21)30(38)40-5/h8,10-11,14-15,17,19-23,25,27,35-36H,6-7,9,12-13,16,18H2,1-5H3/b10-8+,17-11+,28-26+/t20-,21-,22+,23-,25+,27-,32-,33+,34+/m0/s1. The third kappa shape index (κ3) is 4.21. The van der Waals surface area contributed by atoms with Gasteiger partial charge in [-0.15, -0.1) is 0 Å². The van der Waals surface area contributed by atoms with E-state index in [1.807, 2.05) is 39.8 Å². The van der Waals surface area contributed by atoms with Gasteiger partial charge in [0.1, 0.15) is 11.3 Å². The summed E-state index contributed by atoms with van der Waals surface area (Å²) in [5.41, 5.74) is -3.46. The fraction of sp³-hybridized carbons (Fsp3) is 0.618. The zero-order valence-corrected chi connectivity index (χ0v) is 24.9. The van der Waals surface area contributed by atoms with Crippen LogP contribution in [-0.2, 0) is 23.9 Å². The van der Waals surface area contributed by atoms with Crippen molar-refractivity contribution in [2.75, 3.05) is 7.11 Å². The number of esters is 2. The number of aliphatic hydroxyl groups is 2. The second-order valence-electron chi connectivity index (χ2n) is 12.9. The molecule has 0 aromatic rings. The van der Waals surface area contributed by atoms with Gasteiger partial charge in [0.05, 0.1) is 18.6 Å². The Hall–Kier alpha value is -2.93. The molecule has 0 aromatic carbocycles. The molecule has 1 heterocycles. The van der Waals surface area contributed by atoms with Crippen LogP contribution in [0.5, 0.6) is 0 Å². The summed E-state index contributed by atoms with van der Waals surface area (Å²) in [6.45, 7) is 7.78. The lowest BCUT2D eigenvalue weighted by atomic mass is 9.51. The van der Waals surface area contributed by atoms with Gasteiger partial charge >= 0.3 is 11.9 Å². The van der Waals surface area contributed by atoms with E-state index < -0.39 is 40.3 Å². The predicted octanol–water partition coefficient (Wildman–Crippen LogP) is 5.71. The summed E-state index contributed by atoms with van der Waals surface area (Å²) in [5, 5.41) is 23.5. The molecule has 7 nitrogen and oxygen atoms in total. The van der Waals surface area contributed by atoms with E-state index in [-0.39, 0.29) is 47.3 Å². The Morgan fingerprint density at radius 1 is 1.15 bits per heavy atom. The van der Waals surface area contributed by atoms with E-state index in [1.165, 1.54) is 7.11 Å². The van der Waals surface area contributed by atoms with Crippen LogP contribution >= 0.6 is 0 Å². The second-order valence-corrected chi connectivity index (χ2v) is 12.9. The molecule has 2 N–H and O–H groups in total. The van der Waals surface area contributed by atoms with Crippen LogP contribution < -0.4 is 0 Å². The normalized spacial score (nSPS) is 45.5. The molecule has 1 saturated carbocycles. The molecule has 7 heteroatoms. The first kappa shape index (κ1) is 29.6. The summed E-state index contributed by atoms with van der Waals surface area (Å²) < 4.78 is 11.2. The minimum absolute atomic E-state index is 0.118. The Balaban J connectivity index is 1.75. The van der Waals surface area contributed by atoms with Gasteiger partial charge < -0.3 is 19.7 Å². The van der Waals surface area contributed by atoms with Gasteiger partial charge in [0.2, 0.25) is 5.78 Å². The fourth-order valence-corrected chi connectivity index (χ4v) is 8.64. The smallest absolute Gasteiger partial charge is 0.346 e. The number of hydrogen-bond donors (Lipinski definition) is 2. The Bertz CT molecular complexity index is 1270. The Labute approximate surface area is 243 Å². The number of ether oxygens (including phenoxy) is 2. The number of ketones is 1. The first-order valence-electron chi connectivity index (χ1n) is 15.2. The number of carbonyl (C=O) groups is 3. The largest absolute Gasteiger partial charge is 0.511 e. The van der Waals surface area contributed by atoms with Crippen LogP contribution in [-0.4, -0.2) is 46.7 Å². The number of methoxy groups -OCH3 is 1. The number of rotatable bonds is 3. The summed E-state index contributed by atoms with van der Waals surface area (Å²) >= 11 is 0. The van der Waals surface area contributed by atoms with E-state index in [1.54, 1.807) is 6.08 Å². The van der Waals surface area contributed by atoms with Crippen LogP contribution in [0.4, 0.5) is 0 Å². The van der Waals surface area contributed by atoms with Crippen molar-refractivity contribution >= 4 is 17.7 Å². The summed E-state index contributed by atoms with van der Waals surface area (Å²) in [6, 6.07) is 0. The highest BCUT2D eigenvalue weighted by atomic mass is 16.6. The molecular weight excluding hydrogens is 520 g/mol. The molecule has 5 aliphatic rings. The summed E-state index contributed by atoms with van der Waals surface area (Å²) in [7, 11) is 1.34. The molecule has 1 aliphatic heterocycles. The Morgan fingerprint density at radius 2 is 1.90 bits per heavy atom. The lowest BCUT2D eigenvalue weighted by molar-refractivity contribution is -0.163. The molecule has 0 amide bonds. The van der Waals surface area contributed by atoms with Gasteiger partial charge in [-0.05, 0) is 69.1 Å². The summed E-state index contributed by atoms with van der Waals surface area (Å²) in [6.07, 6.45) is 17.3. The molecule has 2 fully saturated rings. The zero-order valence-electron chi connectivity index (χ0n) is 24.9. The molecule has 0 radical (unpaired) electrons. The van der Waals surface area contributed by atoms with Gasteiger partial charge in [-0.1, -0.05) is 63.3 Å². The molecule has 5 rings (SSSR count). The third-order valence-corrected chi connectivity index (χ3v) is 11.1. The minimum Gasteiger partial charge on any atom is -0.511 e. The van der Waals surface area contributed by atoms with Crippen molar-refractivity contribution in [1.82, 2.24) is 0 Å². The van der Waals surface area contributed by atoms with Crippen molar-refractivity contribution in [3.05, 3.63) is 59.4 Å². The van der Waals surface area contributed by atoms with Crippen LogP contribution in [0.3, 0.4) is 0 Å². The van der Waals surface area contributed by atoms with E-state index >= 15 is 0 Å².